The molecule has 3 rings (SSSR count). The Morgan fingerprint density at radius 2 is 1.88 bits per heavy atom. The molecule has 0 saturated carbocycles. The van der Waals surface area contributed by atoms with Crippen LogP contribution in [0.5, 0.6) is 5.75 Å². The van der Waals surface area contributed by atoms with Crippen LogP contribution in [-0.4, -0.2) is 73.6 Å². The van der Waals surface area contributed by atoms with Gasteiger partial charge in [0.1, 0.15) is 5.75 Å². The summed E-state index contributed by atoms with van der Waals surface area (Å²) in [6, 6.07) is 8.39. The summed E-state index contributed by atoms with van der Waals surface area (Å²) in [7, 11) is 0. The molecule has 2 saturated heterocycles. The van der Waals surface area contributed by atoms with Gasteiger partial charge in [0.25, 0.3) is 0 Å². The molecule has 0 bridgehead atoms. The number of ether oxygens (including phenoxy) is 2. The van der Waals surface area contributed by atoms with Gasteiger partial charge >= 0.3 is 0 Å². The number of morpholine rings is 1. The quantitative estimate of drug-likeness (QED) is 0.770. The highest BCUT2D eigenvalue weighted by atomic mass is 16.5. The average molecular weight is 334 g/mol. The Morgan fingerprint density at radius 3 is 2.62 bits per heavy atom. The fourth-order valence-corrected chi connectivity index (χ4v) is 3.43. The minimum Gasteiger partial charge on any atom is -0.494 e. The Hall–Kier alpha value is -1.14. The first kappa shape index (κ1) is 17.7. The fraction of sp³-hybridized carbons (Fsp3) is 0.684. The summed E-state index contributed by atoms with van der Waals surface area (Å²) < 4.78 is 11.2. The number of benzene rings is 1. The maximum atomic E-state index is 9.74. The van der Waals surface area contributed by atoms with Gasteiger partial charge in [-0.2, -0.15) is 0 Å². The van der Waals surface area contributed by atoms with Crippen molar-refractivity contribution in [1.29, 1.82) is 0 Å². The zero-order chi connectivity index (χ0) is 16.6. The zero-order valence-electron chi connectivity index (χ0n) is 14.5. The number of hydrogen-bond donors (Lipinski definition) is 1. The molecule has 5 nitrogen and oxygen atoms in total. The van der Waals surface area contributed by atoms with Crippen LogP contribution in [0, 0.1) is 0 Å². The van der Waals surface area contributed by atoms with Crippen LogP contribution in [0.15, 0.2) is 24.3 Å². The molecule has 2 fully saturated rings. The maximum Gasteiger partial charge on any atom is 0.119 e. The number of piperidine rings is 1. The van der Waals surface area contributed by atoms with E-state index in [1.165, 1.54) is 5.56 Å². The molecule has 1 aromatic carbocycles. The van der Waals surface area contributed by atoms with Gasteiger partial charge < -0.3 is 14.6 Å². The number of hydrogen-bond acceptors (Lipinski definition) is 5. The number of rotatable bonds is 7. The lowest BCUT2D eigenvalue weighted by Crippen LogP contribution is -2.37. The standard InChI is InChI=1S/C19H30N2O3/c22-18-3-1-8-21(16-18)15-17-4-6-19(7-5-17)24-12-2-9-20-10-13-23-14-11-20/h4-7,18,22H,1-3,8-16H2/t18-/m1/s1. The third-order valence-electron chi connectivity index (χ3n) is 4.80. The van der Waals surface area contributed by atoms with Gasteiger partial charge in [0.2, 0.25) is 0 Å². The van der Waals surface area contributed by atoms with E-state index in [-0.39, 0.29) is 6.10 Å². The maximum absolute atomic E-state index is 9.74. The molecular formula is C19H30N2O3. The van der Waals surface area contributed by atoms with Gasteiger partial charge in [-0.05, 0) is 43.5 Å². The Bertz CT molecular complexity index is 474. The van der Waals surface area contributed by atoms with E-state index < -0.39 is 0 Å². The summed E-state index contributed by atoms with van der Waals surface area (Å²) >= 11 is 0. The van der Waals surface area contributed by atoms with Crippen molar-refractivity contribution in [2.24, 2.45) is 0 Å². The molecule has 134 valence electrons. The first-order valence-corrected chi connectivity index (χ1v) is 9.22. The summed E-state index contributed by atoms with van der Waals surface area (Å²) in [6.07, 6.45) is 2.92. The molecule has 2 aliphatic rings. The molecule has 0 amide bonds. The number of aliphatic hydroxyl groups excluding tert-OH is 1. The molecule has 0 unspecified atom stereocenters. The second-order valence-electron chi connectivity index (χ2n) is 6.83. The first-order chi connectivity index (χ1) is 11.8. The van der Waals surface area contributed by atoms with Crippen LogP contribution in [0.3, 0.4) is 0 Å². The summed E-state index contributed by atoms with van der Waals surface area (Å²) in [6.45, 7) is 8.42. The van der Waals surface area contributed by atoms with E-state index in [9.17, 15) is 5.11 Å². The number of β-amino-alcohol motifs (C(OH)–C–C–N with tert-alkyl or cyclic N) is 1. The van der Waals surface area contributed by atoms with Crippen LogP contribution in [0.1, 0.15) is 24.8 Å². The van der Waals surface area contributed by atoms with E-state index in [0.29, 0.717) is 0 Å². The van der Waals surface area contributed by atoms with Crippen LogP contribution < -0.4 is 4.74 Å². The van der Waals surface area contributed by atoms with Gasteiger partial charge in [0.15, 0.2) is 0 Å². The molecule has 2 heterocycles. The molecule has 5 heteroatoms. The van der Waals surface area contributed by atoms with E-state index in [4.69, 9.17) is 9.47 Å². The summed E-state index contributed by atoms with van der Waals surface area (Å²) in [5.41, 5.74) is 1.28. The van der Waals surface area contributed by atoms with E-state index in [1.807, 2.05) is 0 Å². The van der Waals surface area contributed by atoms with Crippen molar-refractivity contribution in [3.05, 3.63) is 29.8 Å². The first-order valence-electron chi connectivity index (χ1n) is 9.22. The van der Waals surface area contributed by atoms with Crippen molar-refractivity contribution < 1.29 is 14.6 Å². The Morgan fingerprint density at radius 1 is 1.08 bits per heavy atom. The van der Waals surface area contributed by atoms with Crippen molar-refractivity contribution in [1.82, 2.24) is 9.80 Å². The summed E-state index contributed by atoms with van der Waals surface area (Å²) in [4.78, 5) is 4.76. The lowest BCUT2D eigenvalue weighted by atomic mass is 10.1. The van der Waals surface area contributed by atoms with Crippen LogP contribution in [0.2, 0.25) is 0 Å². The number of likely N-dealkylation sites (tertiary alicyclic amines) is 1. The summed E-state index contributed by atoms with van der Waals surface area (Å²) in [5, 5.41) is 9.74. The predicted molar refractivity (Wildman–Crippen MR) is 94.3 cm³/mol. The monoisotopic (exact) mass is 334 g/mol. The Labute approximate surface area is 145 Å². The predicted octanol–water partition coefficient (Wildman–Crippen LogP) is 1.74. The van der Waals surface area contributed by atoms with Crippen molar-refractivity contribution in [2.45, 2.75) is 31.9 Å². The van der Waals surface area contributed by atoms with Crippen LogP contribution in [-0.2, 0) is 11.3 Å². The van der Waals surface area contributed by atoms with Gasteiger partial charge in [-0.25, -0.2) is 0 Å². The lowest BCUT2D eigenvalue weighted by Gasteiger charge is -2.29. The zero-order valence-corrected chi connectivity index (χ0v) is 14.5. The molecule has 0 spiro atoms. The van der Waals surface area contributed by atoms with E-state index >= 15 is 0 Å². The molecule has 24 heavy (non-hydrogen) atoms. The highest BCUT2D eigenvalue weighted by Gasteiger charge is 2.17. The Kier molecular flexibility index (Phi) is 6.90. The molecule has 1 N–H and O–H groups in total. The second-order valence-corrected chi connectivity index (χ2v) is 6.83. The smallest absolute Gasteiger partial charge is 0.119 e. The van der Waals surface area contributed by atoms with Crippen molar-refractivity contribution in [3.8, 4) is 5.75 Å². The molecule has 1 atom stereocenters. The highest BCUT2D eigenvalue weighted by molar-refractivity contribution is 5.27. The van der Waals surface area contributed by atoms with E-state index in [2.05, 4.69) is 34.1 Å². The molecule has 0 radical (unpaired) electrons. The molecule has 1 aromatic rings. The molecular weight excluding hydrogens is 304 g/mol. The SMILES string of the molecule is O[C@@H]1CCCN(Cc2ccc(OCCCN3CCOCC3)cc2)C1. The Balaban J connectivity index is 1.35. The normalized spacial score (nSPS) is 23.3. The largest absolute Gasteiger partial charge is 0.494 e. The average Bonchev–Trinajstić information content (AvgIpc) is 2.61. The number of aliphatic hydroxyl groups is 1. The van der Waals surface area contributed by atoms with Gasteiger partial charge in [-0.15, -0.1) is 0 Å². The van der Waals surface area contributed by atoms with Crippen LogP contribution >= 0.6 is 0 Å². The van der Waals surface area contributed by atoms with Crippen LogP contribution in [0.25, 0.3) is 0 Å². The second kappa shape index (κ2) is 9.37. The molecule has 0 aliphatic carbocycles. The van der Waals surface area contributed by atoms with Crippen molar-refractivity contribution >= 4 is 0 Å². The van der Waals surface area contributed by atoms with Crippen molar-refractivity contribution in [2.75, 3.05) is 52.5 Å². The third-order valence-corrected chi connectivity index (χ3v) is 4.80. The number of nitrogens with zero attached hydrogens (tertiary/aromatic N) is 2. The van der Waals surface area contributed by atoms with Gasteiger partial charge in [0.05, 0.1) is 25.9 Å². The van der Waals surface area contributed by atoms with E-state index in [1.54, 1.807) is 0 Å². The minimum absolute atomic E-state index is 0.159. The van der Waals surface area contributed by atoms with Gasteiger partial charge in [-0.3, -0.25) is 9.80 Å². The molecule has 0 aromatic heterocycles. The van der Waals surface area contributed by atoms with E-state index in [0.717, 1.165) is 84.1 Å². The van der Waals surface area contributed by atoms with Crippen molar-refractivity contribution in [3.63, 3.8) is 0 Å². The third kappa shape index (κ3) is 5.74. The van der Waals surface area contributed by atoms with Crippen LogP contribution in [0.4, 0.5) is 0 Å². The minimum atomic E-state index is -0.159. The fourth-order valence-electron chi connectivity index (χ4n) is 3.43. The summed E-state index contributed by atoms with van der Waals surface area (Å²) in [5.74, 6) is 0.944. The highest BCUT2D eigenvalue weighted by Crippen LogP contribution is 2.17. The topological polar surface area (TPSA) is 45.2 Å². The molecule has 2 aliphatic heterocycles. The van der Waals surface area contributed by atoms with Gasteiger partial charge in [-0.1, -0.05) is 12.1 Å². The lowest BCUT2D eigenvalue weighted by molar-refractivity contribution is 0.0358. The van der Waals surface area contributed by atoms with Gasteiger partial charge in [0, 0.05) is 32.7 Å².